The van der Waals surface area contributed by atoms with Gasteiger partial charge in [-0.15, -0.1) is 0 Å². The third kappa shape index (κ3) is 6.28. The Morgan fingerprint density at radius 2 is 1.60 bits per heavy atom. The predicted molar refractivity (Wildman–Crippen MR) is 158 cm³/mol. The van der Waals surface area contributed by atoms with Crippen LogP contribution in [-0.4, -0.2) is 27.7 Å². The third-order valence-corrected chi connectivity index (χ3v) is 7.48. The molecule has 0 unspecified atom stereocenters. The molecule has 1 aliphatic rings. The number of carbonyl (C=O) groups is 2. The molecule has 0 saturated heterocycles. The lowest BCUT2D eigenvalue weighted by atomic mass is 9.87. The van der Waals surface area contributed by atoms with Crippen LogP contribution in [0.1, 0.15) is 73.8 Å². The third-order valence-electron chi connectivity index (χ3n) is 7.48. The molecule has 3 aromatic carbocycles. The van der Waals surface area contributed by atoms with Crippen LogP contribution in [0.25, 0.3) is 10.8 Å². The largest absolute Gasteiger partial charge is 0.476 e. The van der Waals surface area contributed by atoms with Gasteiger partial charge in [0, 0.05) is 16.6 Å². The summed E-state index contributed by atoms with van der Waals surface area (Å²) in [6, 6.07) is 24.0. The van der Waals surface area contributed by atoms with E-state index in [-0.39, 0.29) is 16.8 Å². The fraction of sp³-hybridized carbons (Fsp3) is 0.294. The molecule has 0 radical (unpaired) electrons. The van der Waals surface area contributed by atoms with E-state index in [0.717, 1.165) is 41.5 Å². The highest BCUT2D eigenvalue weighted by atomic mass is 16.5. The number of carbonyl (C=O) groups excluding carboxylic acids is 1. The Morgan fingerprint density at radius 1 is 0.925 bits per heavy atom. The zero-order chi connectivity index (χ0) is 28.3. The van der Waals surface area contributed by atoms with Crippen LogP contribution >= 0.6 is 0 Å². The summed E-state index contributed by atoms with van der Waals surface area (Å²) in [4.78, 5) is 34.0. The number of nitrogens with zero attached hydrogens (tertiary/aromatic N) is 2. The summed E-state index contributed by atoms with van der Waals surface area (Å²) in [5.74, 6) is -0.0609. The zero-order valence-corrected chi connectivity index (χ0v) is 23.2. The standard InChI is InChI=1S/C34H34N2O4/c1-34(2,3)25-13-15-26(16-14-25)40-27-17-18-28-24(20-27)21-30(35-29(28)19-22-9-7-8-10-22)32(37)36-31(33(38)39)23-11-5-4-6-12-23/h4-6,11-18,20-22H,7-10,19H2,1-3H3,(H,38,39)/b36-31-. The van der Waals surface area contributed by atoms with Gasteiger partial charge in [-0.25, -0.2) is 9.78 Å². The summed E-state index contributed by atoms with van der Waals surface area (Å²) in [5, 5.41) is 11.5. The van der Waals surface area contributed by atoms with Gasteiger partial charge in [0.2, 0.25) is 0 Å². The summed E-state index contributed by atoms with van der Waals surface area (Å²) in [6.07, 6.45) is 5.46. The van der Waals surface area contributed by atoms with Gasteiger partial charge in [0.1, 0.15) is 17.2 Å². The van der Waals surface area contributed by atoms with E-state index in [1.807, 2.05) is 30.3 Å². The minimum Gasteiger partial charge on any atom is -0.476 e. The number of aliphatic imine (C=N–C) groups is 1. The Balaban J connectivity index is 1.52. The molecule has 5 rings (SSSR count). The lowest BCUT2D eigenvalue weighted by Crippen LogP contribution is -2.17. The normalized spacial score (nSPS) is 14.4. The van der Waals surface area contributed by atoms with Gasteiger partial charge in [-0.1, -0.05) is 88.9 Å². The number of amides is 1. The molecule has 1 N–H and O–H groups in total. The molecular formula is C34H34N2O4. The number of benzene rings is 3. The number of hydrogen-bond donors (Lipinski definition) is 1. The van der Waals surface area contributed by atoms with Crippen molar-refractivity contribution in [2.24, 2.45) is 10.9 Å². The van der Waals surface area contributed by atoms with Crippen LogP contribution in [0.2, 0.25) is 0 Å². The fourth-order valence-electron chi connectivity index (χ4n) is 5.27. The maximum atomic E-state index is 13.3. The predicted octanol–water partition coefficient (Wildman–Crippen LogP) is 7.77. The maximum Gasteiger partial charge on any atom is 0.355 e. The molecule has 40 heavy (non-hydrogen) atoms. The monoisotopic (exact) mass is 534 g/mol. The number of rotatable bonds is 7. The number of ether oxygens (including phenoxy) is 1. The first-order valence-electron chi connectivity index (χ1n) is 13.8. The summed E-state index contributed by atoms with van der Waals surface area (Å²) in [5.41, 5.74) is 2.30. The number of pyridine rings is 1. The van der Waals surface area contributed by atoms with Crippen molar-refractivity contribution >= 4 is 28.4 Å². The Bertz CT molecular complexity index is 1560. The number of aliphatic carboxylic acids is 1. The van der Waals surface area contributed by atoms with E-state index in [1.54, 1.807) is 36.4 Å². The van der Waals surface area contributed by atoms with Gasteiger partial charge in [0.15, 0.2) is 5.71 Å². The molecule has 204 valence electrons. The number of aromatic nitrogens is 1. The lowest BCUT2D eigenvalue weighted by Gasteiger charge is -2.19. The highest BCUT2D eigenvalue weighted by Gasteiger charge is 2.21. The SMILES string of the molecule is CC(C)(C)c1ccc(Oc2ccc3c(CC4CCCC4)nc(C(=O)/N=C(\C(=O)O)c4ccccc4)cc3c2)cc1. The van der Waals surface area contributed by atoms with Gasteiger partial charge in [-0.2, -0.15) is 4.99 Å². The molecule has 1 fully saturated rings. The van der Waals surface area contributed by atoms with Gasteiger partial charge in [-0.05, 0) is 65.1 Å². The molecule has 1 heterocycles. The molecule has 1 saturated carbocycles. The average Bonchev–Trinajstić information content (AvgIpc) is 3.44. The highest BCUT2D eigenvalue weighted by molar-refractivity contribution is 6.44. The van der Waals surface area contributed by atoms with Crippen LogP contribution in [0.5, 0.6) is 11.5 Å². The van der Waals surface area contributed by atoms with Crippen molar-refractivity contribution in [2.75, 3.05) is 0 Å². The van der Waals surface area contributed by atoms with Crippen molar-refractivity contribution in [3.63, 3.8) is 0 Å². The Morgan fingerprint density at radius 3 is 2.25 bits per heavy atom. The van der Waals surface area contributed by atoms with Crippen LogP contribution in [0, 0.1) is 5.92 Å². The molecule has 4 aromatic rings. The van der Waals surface area contributed by atoms with Crippen molar-refractivity contribution in [1.82, 2.24) is 4.98 Å². The van der Waals surface area contributed by atoms with Crippen molar-refractivity contribution in [3.05, 3.63) is 101 Å². The second-order valence-corrected chi connectivity index (χ2v) is 11.5. The van der Waals surface area contributed by atoms with Crippen molar-refractivity contribution in [1.29, 1.82) is 0 Å². The summed E-state index contributed by atoms with van der Waals surface area (Å²) in [6.45, 7) is 6.52. The highest BCUT2D eigenvalue weighted by Crippen LogP contribution is 2.33. The minimum absolute atomic E-state index is 0.0522. The molecule has 6 nitrogen and oxygen atoms in total. The summed E-state index contributed by atoms with van der Waals surface area (Å²) >= 11 is 0. The molecule has 1 aliphatic carbocycles. The van der Waals surface area contributed by atoms with E-state index >= 15 is 0 Å². The Hall–Kier alpha value is -4.32. The minimum atomic E-state index is -1.26. The van der Waals surface area contributed by atoms with Gasteiger partial charge < -0.3 is 9.84 Å². The van der Waals surface area contributed by atoms with E-state index in [2.05, 4.69) is 37.9 Å². The zero-order valence-electron chi connectivity index (χ0n) is 23.2. The van der Waals surface area contributed by atoms with Crippen LogP contribution in [-0.2, 0) is 16.6 Å². The Kier molecular flexibility index (Phi) is 7.78. The topological polar surface area (TPSA) is 88.9 Å². The van der Waals surface area contributed by atoms with Crippen molar-refractivity contribution in [3.8, 4) is 11.5 Å². The average molecular weight is 535 g/mol. The van der Waals surface area contributed by atoms with E-state index in [9.17, 15) is 14.7 Å². The van der Waals surface area contributed by atoms with Gasteiger partial charge in [-0.3, -0.25) is 4.79 Å². The first-order chi connectivity index (χ1) is 19.2. The van der Waals surface area contributed by atoms with E-state index in [0.29, 0.717) is 17.2 Å². The number of fused-ring (bicyclic) bond motifs is 1. The van der Waals surface area contributed by atoms with Gasteiger partial charge in [0.25, 0.3) is 5.91 Å². The number of carboxylic acid groups (broad SMARTS) is 1. The molecule has 6 heteroatoms. The van der Waals surface area contributed by atoms with Crippen molar-refractivity contribution < 1.29 is 19.4 Å². The number of carboxylic acids is 1. The van der Waals surface area contributed by atoms with Gasteiger partial charge in [0.05, 0.1) is 0 Å². The van der Waals surface area contributed by atoms with Crippen LogP contribution in [0.4, 0.5) is 0 Å². The van der Waals surface area contributed by atoms with E-state index < -0.39 is 11.9 Å². The van der Waals surface area contributed by atoms with Gasteiger partial charge >= 0.3 is 5.97 Å². The first kappa shape index (κ1) is 27.3. The van der Waals surface area contributed by atoms with Crippen LogP contribution in [0.15, 0.2) is 83.9 Å². The van der Waals surface area contributed by atoms with Crippen LogP contribution in [0.3, 0.4) is 0 Å². The number of hydrogen-bond acceptors (Lipinski definition) is 4. The molecule has 0 bridgehead atoms. The summed E-state index contributed by atoms with van der Waals surface area (Å²) in [7, 11) is 0. The molecular weight excluding hydrogens is 500 g/mol. The van der Waals surface area contributed by atoms with E-state index in [4.69, 9.17) is 9.72 Å². The first-order valence-corrected chi connectivity index (χ1v) is 13.8. The Labute approximate surface area is 234 Å². The molecule has 0 aliphatic heterocycles. The van der Waals surface area contributed by atoms with Crippen LogP contribution < -0.4 is 4.74 Å². The smallest absolute Gasteiger partial charge is 0.355 e. The quantitative estimate of drug-likeness (QED) is 0.245. The molecule has 0 spiro atoms. The fourth-order valence-corrected chi connectivity index (χ4v) is 5.27. The molecule has 1 aromatic heterocycles. The van der Waals surface area contributed by atoms with Crippen molar-refractivity contribution in [2.45, 2.75) is 58.3 Å². The molecule has 1 amide bonds. The summed E-state index contributed by atoms with van der Waals surface area (Å²) < 4.78 is 6.17. The second-order valence-electron chi connectivity index (χ2n) is 11.5. The lowest BCUT2D eigenvalue weighted by molar-refractivity contribution is -0.129. The molecule has 0 atom stereocenters. The maximum absolute atomic E-state index is 13.3. The van der Waals surface area contributed by atoms with E-state index in [1.165, 1.54) is 18.4 Å². The second kappa shape index (κ2) is 11.4.